The van der Waals surface area contributed by atoms with Crippen LogP contribution in [0.25, 0.3) is 22.3 Å². The van der Waals surface area contributed by atoms with Crippen LogP contribution in [0.15, 0.2) is 72.9 Å². The highest BCUT2D eigenvalue weighted by atomic mass is 16.2. The second-order valence-corrected chi connectivity index (χ2v) is 7.39. The number of rotatable bonds is 8. The summed E-state index contributed by atoms with van der Waals surface area (Å²) in [5.74, 6) is -0.296. The van der Waals surface area contributed by atoms with Crippen LogP contribution < -0.4 is 10.6 Å². The minimum atomic E-state index is -0.220. The molecule has 0 bridgehead atoms. The highest BCUT2D eigenvalue weighted by Crippen LogP contribution is 2.24. The van der Waals surface area contributed by atoms with Crippen LogP contribution in [0.2, 0.25) is 0 Å². The normalized spacial score (nSPS) is 10.8. The number of fused-ring (bicyclic) bond motifs is 1. The van der Waals surface area contributed by atoms with E-state index < -0.39 is 0 Å². The van der Waals surface area contributed by atoms with E-state index in [1.807, 2.05) is 67.6 Å². The summed E-state index contributed by atoms with van der Waals surface area (Å²) in [5.41, 5.74) is 3.80. The molecule has 4 rings (SSSR count). The van der Waals surface area contributed by atoms with Crippen molar-refractivity contribution in [1.29, 1.82) is 0 Å². The number of benzene rings is 2. The van der Waals surface area contributed by atoms with Gasteiger partial charge in [-0.3, -0.25) is 9.59 Å². The van der Waals surface area contributed by atoms with Gasteiger partial charge in [-0.2, -0.15) is 5.10 Å². The molecule has 0 aliphatic carbocycles. The third-order valence-electron chi connectivity index (χ3n) is 5.16. The Hall–Kier alpha value is -4.00. The van der Waals surface area contributed by atoms with Gasteiger partial charge in [-0.05, 0) is 18.6 Å². The molecule has 0 saturated carbocycles. The lowest BCUT2D eigenvalue weighted by Gasteiger charge is -2.10. The summed E-state index contributed by atoms with van der Waals surface area (Å²) in [5, 5.41) is 10.8. The van der Waals surface area contributed by atoms with Crippen LogP contribution in [-0.4, -0.2) is 39.7 Å². The maximum absolute atomic E-state index is 13.0. The lowest BCUT2D eigenvalue weighted by atomic mass is 10.1. The van der Waals surface area contributed by atoms with Gasteiger partial charge in [0.05, 0.1) is 29.3 Å². The minimum Gasteiger partial charge on any atom is -0.354 e. The number of amides is 2. The SMILES string of the molecule is CCn1ncc2c(C(=O)NCCNC(=O)Cc3ccccc3)cc(-c3ccccc3)nc21. The Kier molecular flexibility index (Phi) is 6.55. The summed E-state index contributed by atoms with van der Waals surface area (Å²) in [4.78, 5) is 29.8. The van der Waals surface area contributed by atoms with E-state index in [0.29, 0.717) is 42.7 Å². The fourth-order valence-corrected chi connectivity index (χ4v) is 3.54. The molecule has 7 heteroatoms. The van der Waals surface area contributed by atoms with Crippen molar-refractivity contribution < 1.29 is 9.59 Å². The van der Waals surface area contributed by atoms with Crippen molar-refractivity contribution in [3.63, 3.8) is 0 Å². The average molecular weight is 428 g/mol. The molecule has 2 amide bonds. The molecular weight excluding hydrogens is 402 g/mol. The molecule has 162 valence electrons. The fourth-order valence-electron chi connectivity index (χ4n) is 3.54. The molecule has 2 aromatic heterocycles. The van der Waals surface area contributed by atoms with Crippen LogP contribution in [0.4, 0.5) is 0 Å². The zero-order valence-electron chi connectivity index (χ0n) is 17.9. The third-order valence-corrected chi connectivity index (χ3v) is 5.16. The topological polar surface area (TPSA) is 88.9 Å². The van der Waals surface area contributed by atoms with Crippen LogP contribution in [-0.2, 0) is 17.8 Å². The lowest BCUT2D eigenvalue weighted by molar-refractivity contribution is -0.120. The number of hydrogen-bond acceptors (Lipinski definition) is 4. The van der Waals surface area contributed by atoms with Crippen LogP contribution in [0.3, 0.4) is 0 Å². The molecule has 32 heavy (non-hydrogen) atoms. The van der Waals surface area contributed by atoms with Crippen LogP contribution >= 0.6 is 0 Å². The highest BCUT2D eigenvalue weighted by molar-refractivity contribution is 6.06. The molecule has 2 N–H and O–H groups in total. The second-order valence-electron chi connectivity index (χ2n) is 7.39. The summed E-state index contributed by atoms with van der Waals surface area (Å²) < 4.78 is 1.78. The second kappa shape index (κ2) is 9.87. The summed E-state index contributed by atoms with van der Waals surface area (Å²) >= 11 is 0. The predicted molar refractivity (Wildman–Crippen MR) is 124 cm³/mol. The van der Waals surface area contributed by atoms with Crippen molar-refractivity contribution in [2.24, 2.45) is 0 Å². The summed E-state index contributed by atoms with van der Waals surface area (Å²) in [7, 11) is 0. The van der Waals surface area contributed by atoms with Gasteiger partial charge in [0, 0.05) is 25.2 Å². The van der Waals surface area contributed by atoms with Gasteiger partial charge < -0.3 is 10.6 Å². The lowest BCUT2D eigenvalue weighted by Crippen LogP contribution is -2.35. The predicted octanol–water partition coefficient (Wildman–Crippen LogP) is 3.21. The number of aryl methyl sites for hydroxylation is 1. The maximum atomic E-state index is 13.0. The molecule has 0 spiro atoms. The molecule has 2 heterocycles. The number of hydrogen-bond donors (Lipinski definition) is 2. The first-order chi connectivity index (χ1) is 15.7. The smallest absolute Gasteiger partial charge is 0.252 e. The Balaban J connectivity index is 1.44. The largest absolute Gasteiger partial charge is 0.354 e. The zero-order chi connectivity index (χ0) is 22.3. The highest BCUT2D eigenvalue weighted by Gasteiger charge is 2.17. The van der Waals surface area contributed by atoms with Gasteiger partial charge in [0.2, 0.25) is 5.91 Å². The number of carbonyl (C=O) groups is 2. The van der Waals surface area contributed by atoms with Crippen molar-refractivity contribution in [2.45, 2.75) is 19.9 Å². The van der Waals surface area contributed by atoms with Crippen LogP contribution in [0, 0.1) is 0 Å². The monoisotopic (exact) mass is 427 g/mol. The first-order valence-electron chi connectivity index (χ1n) is 10.7. The van der Waals surface area contributed by atoms with Gasteiger partial charge >= 0.3 is 0 Å². The van der Waals surface area contributed by atoms with Gasteiger partial charge in [-0.1, -0.05) is 60.7 Å². The molecule has 0 radical (unpaired) electrons. The molecule has 0 aliphatic heterocycles. The van der Waals surface area contributed by atoms with Crippen LogP contribution in [0.1, 0.15) is 22.8 Å². The van der Waals surface area contributed by atoms with E-state index in [2.05, 4.69) is 15.7 Å². The maximum Gasteiger partial charge on any atom is 0.252 e. The van der Waals surface area contributed by atoms with Gasteiger partial charge in [-0.25, -0.2) is 9.67 Å². The first-order valence-corrected chi connectivity index (χ1v) is 10.7. The van der Waals surface area contributed by atoms with E-state index in [0.717, 1.165) is 16.8 Å². The Morgan fingerprint density at radius 2 is 1.62 bits per heavy atom. The number of nitrogens with one attached hydrogen (secondary N) is 2. The van der Waals surface area contributed by atoms with Gasteiger partial charge in [-0.15, -0.1) is 0 Å². The molecule has 7 nitrogen and oxygen atoms in total. The number of carbonyl (C=O) groups excluding carboxylic acids is 2. The Bertz CT molecular complexity index is 1220. The standard InChI is InChI=1S/C25H25N5O2/c1-2-30-24-21(17-28-30)20(16-22(29-24)19-11-7-4-8-12-19)25(32)27-14-13-26-23(31)15-18-9-5-3-6-10-18/h3-12,16-17H,2,13-15H2,1H3,(H,26,31)(H,27,32). The van der Waals surface area contributed by atoms with E-state index in [-0.39, 0.29) is 11.8 Å². The Morgan fingerprint density at radius 3 is 2.34 bits per heavy atom. The van der Waals surface area contributed by atoms with Gasteiger partial charge in [0.25, 0.3) is 5.91 Å². The molecule has 0 atom stereocenters. The zero-order valence-corrected chi connectivity index (χ0v) is 17.9. The van der Waals surface area contributed by atoms with E-state index in [1.54, 1.807) is 16.9 Å². The van der Waals surface area contributed by atoms with E-state index in [1.165, 1.54) is 0 Å². The van der Waals surface area contributed by atoms with E-state index in [9.17, 15) is 9.59 Å². The molecule has 0 fully saturated rings. The Morgan fingerprint density at radius 1 is 0.938 bits per heavy atom. The van der Waals surface area contributed by atoms with Gasteiger partial charge in [0.1, 0.15) is 0 Å². The molecular formula is C25H25N5O2. The quantitative estimate of drug-likeness (QED) is 0.423. The number of pyridine rings is 1. The average Bonchev–Trinajstić information content (AvgIpc) is 3.25. The summed E-state index contributed by atoms with van der Waals surface area (Å²) in [6.45, 7) is 3.32. The first kappa shape index (κ1) is 21.2. The van der Waals surface area contributed by atoms with Crippen molar-refractivity contribution in [2.75, 3.05) is 13.1 Å². The summed E-state index contributed by atoms with van der Waals surface area (Å²) in [6, 6.07) is 21.1. The van der Waals surface area contributed by atoms with Crippen molar-refractivity contribution in [3.8, 4) is 11.3 Å². The van der Waals surface area contributed by atoms with Crippen LogP contribution in [0.5, 0.6) is 0 Å². The summed E-state index contributed by atoms with van der Waals surface area (Å²) in [6.07, 6.45) is 1.99. The molecule has 0 aliphatic rings. The molecule has 0 unspecified atom stereocenters. The number of aromatic nitrogens is 3. The van der Waals surface area contributed by atoms with Gasteiger partial charge in [0.15, 0.2) is 5.65 Å². The van der Waals surface area contributed by atoms with Crippen molar-refractivity contribution in [3.05, 3.63) is 84.1 Å². The van der Waals surface area contributed by atoms with E-state index >= 15 is 0 Å². The van der Waals surface area contributed by atoms with E-state index in [4.69, 9.17) is 4.98 Å². The fraction of sp³-hybridized carbons (Fsp3) is 0.200. The Labute approximate surface area is 186 Å². The van der Waals surface area contributed by atoms with Crippen molar-refractivity contribution >= 4 is 22.8 Å². The molecule has 2 aromatic carbocycles. The molecule has 0 saturated heterocycles. The molecule has 4 aromatic rings. The third kappa shape index (κ3) is 4.83. The van der Waals surface area contributed by atoms with Crippen molar-refractivity contribution in [1.82, 2.24) is 25.4 Å². The minimum absolute atomic E-state index is 0.0765. The number of nitrogens with zero attached hydrogens (tertiary/aromatic N) is 3.